The number of aryl methyl sites for hydroxylation is 2. The van der Waals surface area contributed by atoms with Gasteiger partial charge in [0.25, 0.3) is 0 Å². The molecule has 3 rings (SSSR count). The van der Waals surface area contributed by atoms with Crippen molar-refractivity contribution in [3.8, 4) is 0 Å². The van der Waals surface area contributed by atoms with Gasteiger partial charge in [-0.2, -0.15) is 0 Å². The van der Waals surface area contributed by atoms with Crippen LogP contribution < -0.4 is 11.1 Å². The lowest BCUT2D eigenvalue weighted by Crippen LogP contribution is -2.10. The summed E-state index contributed by atoms with van der Waals surface area (Å²) in [6, 6.07) is 12.4. The van der Waals surface area contributed by atoms with E-state index in [0.29, 0.717) is 0 Å². The van der Waals surface area contributed by atoms with Crippen LogP contribution in [0.5, 0.6) is 0 Å². The molecule has 19 heavy (non-hydrogen) atoms. The van der Waals surface area contributed by atoms with Crippen LogP contribution in [0.15, 0.2) is 36.4 Å². The van der Waals surface area contributed by atoms with E-state index in [0.717, 1.165) is 23.5 Å². The summed E-state index contributed by atoms with van der Waals surface area (Å²) in [6.45, 7) is 2.11. The van der Waals surface area contributed by atoms with E-state index >= 15 is 0 Å². The summed E-state index contributed by atoms with van der Waals surface area (Å²) in [6.07, 6.45) is 3.50. The third kappa shape index (κ3) is 2.41. The number of nitrogens with one attached hydrogen (secondary N) is 1. The molecule has 0 amide bonds. The van der Waals surface area contributed by atoms with E-state index in [1.54, 1.807) is 0 Å². The molecule has 3 heteroatoms. The summed E-state index contributed by atoms with van der Waals surface area (Å²) < 4.78 is 0. The van der Waals surface area contributed by atoms with E-state index in [9.17, 15) is 0 Å². The van der Waals surface area contributed by atoms with Gasteiger partial charge in [-0.3, -0.25) is 0 Å². The summed E-state index contributed by atoms with van der Waals surface area (Å²) >= 11 is 0. The lowest BCUT2D eigenvalue weighted by molar-refractivity contribution is 0.868. The first kappa shape index (κ1) is 12.0. The number of pyridine rings is 1. The predicted molar refractivity (Wildman–Crippen MR) is 79.2 cm³/mol. The maximum Gasteiger partial charge on any atom is 0.126 e. The van der Waals surface area contributed by atoms with Crippen LogP contribution in [-0.4, -0.2) is 4.98 Å². The molecular formula is C16H19N3. The molecule has 1 aromatic carbocycles. The molecule has 3 nitrogen and oxygen atoms in total. The number of hydrogen-bond donors (Lipinski definition) is 2. The maximum absolute atomic E-state index is 6.00. The van der Waals surface area contributed by atoms with Crippen LogP contribution in [0.3, 0.4) is 0 Å². The summed E-state index contributed by atoms with van der Waals surface area (Å²) in [7, 11) is 0. The van der Waals surface area contributed by atoms with Crippen LogP contribution in [0.25, 0.3) is 0 Å². The number of para-hydroxylation sites is 1. The molecule has 1 aromatic heterocycles. The Hall–Kier alpha value is -2.03. The van der Waals surface area contributed by atoms with Crippen molar-refractivity contribution >= 4 is 11.5 Å². The lowest BCUT2D eigenvalue weighted by atomic mass is 10.1. The standard InChI is InChI=1S/C16H19N3/c1-11(13-6-2-3-7-14(13)17)18-16-10-9-12-5-4-8-15(12)19-16/h2-3,6-7,9-11H,4-5,8,17H2,1H3,(H,18,19). The smallest absolute Gasteiger partial charge is 0.126 e. The highest BCUT2D eigenvalue weighted by molar-refractivity contribution is 5.51. The van der Waals surface area contributed by atoms with E-state index in [4.69, 9.17) is 10.7 Å². The Morgan fingerprint density at radius 3 is 2.84 bits per heavy atom. The van der Waals surface area contributed by atoms with E-state index in [2.05, 4.69) is 30.4 Å². The van der Waals surface area contributed by atoms with Gasteiger partial charge in [0.15, 0.2) is 0 Å². The third-order valence-corrected chi connectivity index (χ3v) is 3.76. The van der Waals surface area contributed by atoms with Crippen LogP contribution in [0.2, 0.25) is 0 Å². The van der Waals surface area contributed by atoms with Crippen molar-refractivity contribution in [3.05, 3.63) is 53.2 Å². The maximum atomic E-state index is 6.00. The van der Waals surface area contributed by atoms with E-state index in [-0.39, 0.29) is 6.04 Å². The van der Waals surface area contributed by atoms with E-state index < -0.39 is 0 Å². The average molecular weight is 253 g/mol. The summed E-state index contributed by atoms with van der Waals surface area (Å²) in [5, 5.41) is 3.44. The van der Waals surface area contributed by atoms with Gasteiger partial charge in [-0.25, -0.2) is 4.98 Å². The number of aromatic nitrogens is 1. The van der Waals surface area contributed by atoms with Gasteiger partial charge in [-0.15, -0.1) is 0 Å². The second-order valence-electron chi connectivity index (χ2n) is 5.15. The predicted octanol–water partition coefficient (Wildman–Crippen LogP) is 3.33. The Morgan fingerprint density at radius 2 is 2.00 bits per heavy atom. The number of benzene rings is 1. The fraction of sp³-hybridized carbons (Fsp3) is 0.312. The molecule has 0 bridgehead atoms. The van der Waals surface area contributed by atoms with Crippen molar-refractivity contribution in [2.75, 3.05) is 11.1 Å². The molecule has 0 saturated carbocycles. The van der Waals surface area contributed by atoms with Crippen LogP contribution in [-0.2, 0) is 12.8 Å². The number of fused-ring (bicyclic) bond motifs is 1. The minimum absolute atomic E-state index is 0.160. The van der Waals surface area contributed by atoms with Gasteiger partial charge in [0.2, 0.25) is 0 Å². The monoisotopic (exact) mass is 253 g/mol. The van der Waals surface area contributed by atoms with Gasteiger partial charge in [0.1, 0.15) is 5.82 Å². The average Bonchev–Trinajstić information content (AvgIpc) is 2.86. The van der Waals surface area contributed by atoms with Crippen molar-refractivity contribution < 1.29 is 0 Å². The van der Waals surface area contributed by atoms with Crippen LogP contribution in [0.4, 0.5) is 11.5 Å². The van der Waals surface area contributed by atoms with Crippen LogP contribution in [0.1, 0.15) is 36.2 Å². The third-order valence-electron chi connectivity index (χ3n) is 3.76. The zero-order valence-corrected chi connectivity index (χ0v) is 11.2. The van der Waals surface area contributed by atoms with Crippen molar-refractivity contribution in [3.63, 3.8) is 0 Å². The van der Waals surface area contributed by atoms with Crippen LogP contribution in [0, 0.1) is 0 Å². The van der Waals surface area contributed by atoms with Crippen molar-refractivity contribution in [2.24, 2.45) is 0 Å². The summed E-state index contributed by atoms with van der Waals surface area (Å²) in [5.41, 5.74) is 10.6. The number of hydrogen-bond acceptors (Lipinski definition) is 3. The summed E-state index contributed by atoms with van der Waals surface area (Å²) in [4.78, 5) is 4.70. The molecule has 0 saturated heterocycles. The molecule has 1 heterocycles. The van der Waals surface area contributed by atoms with Gasteiger partial charge in [-0.05, 0) is 49.4 Å². The SMILES string of the molecule is CC(Nc1ccc2c(n1)CCC2)c1ccccc1N. The Balaban J connectivity index is 1.80. The second kappa shape index (κ2) is 4.92. The van der Waals surface area contributed by atoms with Crippen molar-refractivity contribution in [2.45, 2.75) is 32.2 Å². The second-order valence-corrected chi connectivity index (χ2v) is 5.15. The zero-order valence-electron chi connectivity index (χ0n) is 11.2. The largest absolute Gasteiger partial charge is 0.398 e. The molecule has 0 spiro atoms. The molecule has 0 radical (unpaired) electrons. The zero-order chi connectivity index (χ0) is 13.2. The van der Waals surface area contributed by atoms with Gasteiger partial charge >= 0.3 is 0 Å². The Morgan fingerprint density at radius 1 is 1.16 bits per heavy atom. The van der Waals surface area contributed by atoms with Gasteiger partial charge in [0.05, 0.1) is 6.04 Å². The molecular weight excluding hydrogens is 234 g/mol. The molecule has 1 aliphatic carbocycles. The van der Waals surface area contributed by atoms with E-state index in [1.807, 2.05) is 18.2 Å². The minimum atomic E-state index is 0.160. The summed E-state index contributed by atoms with van der Waals surface area (Å²) in [5.74, 6) is 0.941. The molecule has 0 fully saturated rings. The molecule has 1 atom stereocenters. The van der Waals surface area contributed by atoms with Crippen molar-refractivity contribution in [1.82, 2.24) is 4.98 Å². The fourth-order valence-electron chi connectivity index (χ4n) is 2.71. The Labute approximate surface area is 113 Å². The Kier molecular flexibility index (Phi) is 3.11. The molecule has 1 unspecified atom stereocenters. The number of anilines is 2. The number of nitrogen functional groups attached to an aromatic ring is 1. The van der Waals surface area contributed by atoms with Gasteiger partial charge in [0, 0.05) is 11.4 Å². The molecule has 98 valence electrons. The normalized spacial score (nSPS) is 15.0. The van der Waals surface area contributed by atoms with Crippen molar-refractivity contribution in [1.29, 1.82) is 0 Å². The first-order valence-corrected chi connectivity index (χ1v) is 6.84. The highest BCUT2D eigenvalue weighted by Gasteiger charge is 2.14. The van der Waals surface area contributed by atoms with Crippen LogP contribution >= 0.6 is 0 Å². The highest BCUT2D eigenvalue weighted by Crippen LogP contribution is 2.25. The quantitative estimate of drug-likeness (QED) is 0.825. The number of nitrogens with two attached hydrogens (primary N) is 1. The highest BCUT2D eigenvalue weighted by atomic mass is 15.0. The number of nitrogens with zero attached hydrogens (tertiary/aromatic N) is 1. The van der Waals surface area contributed by atoms with Gasteiger partial charge in [-0.1, -0.05) is 24.3 Å². The van der Waals surface area contributed by atoms with Gasteiger partial charge < -0.3 is 11.1 Å². The molecule has 0 aliphatic heterocycles. The van der Waals surface area contributed by atoms with E-state index in [1.165, 1.54) is 24.1 Å². The minimum Gasteiger partial charge on any atom is -0.398 e. The molecule has 1 aliphatic rings. The number of rotatable bonds is 3. The first-order valence-electron chi connectivity index (χ1n) is 6.84. The molecule has 2 aromatic rings. The molecule has 3 N–H and O–H groups in total. The Bertz CT molecular complexity index is 592. The topological polar surface area (TPSA) is 50.9 Å². The first-order chi connectivity index (χ1) is 9.24. The lowest BCUT2D eigenvalue weighted by Gasteiger charge is -2.17. The fourth-order valence-corrected chi connectivity index (χ4v) is 2.71.